The second-order valence-corrected chi connectivity index (χ2v) is 5.04. The van der Waals surface area contributed by atoms with Crippen LogP contribution in [0.3, 0.4) is 0 Å². The van der Waals surface area contributed by atoms with Crippen molar-refractivity contribution in [2.75, 3.05) is 13.2 Å². The second-order valence-electron chi connectivity index (χ2n) is 5.04. The zero-order valence-electron chi connectivity index (χ0n) is 11.0. The molecule has 7 N–H and O–H groups in total. The lowest BCUT2D eigenvalue weighted by Gasteiger charge is -2.41. The van der Waals surface area contributed by atoms with E-state index in [-0.39, 0.29) is 0 Å². The summed E-state index contributed by atoms with van der Waals surface area (Å²) in [5.41, 5.74) is 0. The van der Waals surface area contributed by atoms with E-state index in [9.17, 15) is 25.5 Å². The lowest BCUT2D eigenvalue weighted by Crippen LogP contribution is -2.60. The standard InChI is InChI=1S/C11H20O10/c12-1-3-5(14)6(15)7(16)11(20-3)21-9-4(2-13)19-10(18)8(9)17/h3-18H,1-2H2/t3-,4+,5+,6+,7-,8-,9+,10-,11+/m1/s1. The van der Waals surface area contributed by atoms with Crippen molar-refractivity contribution in [3.05, 3.63) is 0 Å². The molecule has 2 fully saturated rings. The van der Waals surface area contributed by atoms with Crippen molar-refractivity contribution in [1.82, 2.24) is 0 Å². The second kappa shape index (κ2) is 6.79. The third-order valence-electron chi connectivity index (χ3n) is 3.63. The molecule has 2 aliphatic heterocycles. The van der Waals surface area contributed by atoms with Gasteiger partial charge in [0, 0.05) is 0 Å². The van der Waals surface area contributed by atoms with E-state index >= 15 is 0 Å². The Labute approximate surface area is 119 Å². The van der Waals surface area contributed by atoms with E-state index in [0.717, 1.165) is 0 Å². The zero-order chi connectivity index (χ0) is 15.7. The van der Waals surface area contributed by atoms with Crippen molar-refractivity contribution in [2.45, 2.75) is 55.3 Å². The Morgan fingerprint density at radius 1 is 0.714 bits per heavy atom. The molecular formula is C11H20O10. The molecule has 0 aromatic carbocycles. The van der Waals surface area contributed by atoms with E-state index in [1.54, 1.807) is 0 Å². The Hall–Kier alpha value is -0.400. The van der Waals surface area contributed by atoms with Crippen LogP contribution in [0.15, 0.2) is 0 Å². The highest BCUT2D eigenvalue weighted by atomic mass is 16.7. The summed E-state index contributed by atoms with van der Waals surface area (Å²) in [5, 5.41) is 66.3. The van der Waals surface area contributed by atoms with Crippen molar-refractivity contribution >= 4 is 0 Å². The Kier molecular flexibility index (Phi) is 5.48. The molecule has 0 unspecified atom stereocenters. The van der Waals surface area contributed by atoms with Crippen LogP contribution < -0.4 is 0 Å². The van der Waals surface area contributed by atoms with Crippen LogP contribution in [0.2, 0.25) is 0 Å². The summed E-state index contributed by atoms with van der Waals surface area (Å²) in [6.07, 6.45) is -12.8. The van der Waals surface area contributed by atoms with E-state index in [2.05, 4.69) is 0 Å². The first kappa shape index (κ1) is 17.0. The van der Waals surface area contributed by atoms with Gasteiger partial charge in [0.05, 0.1) is 13.2 Å². The van der Waals surface area contributed by atoms with Crippen LogP contribution in [0.25, 0.3) is 0 Å². The van der Waals surface area contributed by atoms with Gasteiger partial charge in [0.25, 0.3) is 0 Å². The molecule has 0 amide bonds. The minimum Gasteiger partial charge on any atom is -0.394 e. The molecule has 124 valence electrons. The Morgan fingerprint density at radius 3 is 1.90 bits per heavy atom. The third-order valence-corrected chi connectivity index (χ3v) is 3.63. The third kappa shape index (κ3) is 3.19. The van der Waals surface area contributed by atoms with Gasteiger partial charge in [-0.1, -0.05) is 0 Å². The normalized spacial score (nSPS) is 51.3. The van der Waals surface area contributed by atoms with Gasteiger partial charge < -0.3 is 50.0 Å². The van der Waals surface area contributed by atoms with E-state index in [4.69, 9.17) is 24.4 Å². The summed E-state index contributed by atoms with van der Waals surface area (Å²) in [6, 6.07) is 0. The fourth-order valence-corrected chi connectivity index (χ4v) is 2.37. The van der Waals surface area contributed by atoms with Crippen LogP contribution in [-0.2, 0) is 14.2 Å². The molecule has 2 saturated heterocycles. The predicted molar refractivity (Wildman–Crippen MR) is 62.6 cm³/mol. The first-order valence-corrected chi connectivity index (χ1v) is 6.49. The van der Waals surface area contributed by atoms with Crippen LogP contribution in [0.4, 0.5) is 0 Å². The molecule has 0 saturated carbocycles. The minimum absolute atomic E-state index is 0.559. The molecule has 0 aromatic heterocycles. The SMILES string of the molecule is OC[C@@H]1O[C@@H](O)[C@H](O)[C@H]1O[C@@H]1O[C@H](CO)[C@H](O)[C@H](O)[C@H]1O. The molecular weight excluding hydrogens is 292 g/mol. The van der Waals surface area contributed by atoms with Gasteiger partial charge in [0.2, 0.25) is 0 Å². The van der Waals surface area contributed by atoms with Gasteiger partial charge >= 0.3 is 0 Å². The molecule has 0 radical (unpaired) electrons. The number of ether oxygens (including phenoxy) is 3. The van der Waals surface area contributed by atoms with Gasteiger partial charge in [-0.15, -0.1) is 0 Å². The Morgan fingerprint density at radius 2 is 1.33 bits per heavy atom. The van der Waals surface area contributed by atoms with Gasteiger partial charge in [0.15, 0.2) is 12.6 Å². The molecule has 0 aliphatic carbocycles. The highest BCUT2D eigenvalue weighted by Crippen LogP contribution is 2.28. The molecule has 0 bridgehead atoms. The first-order valence-electron chi connectivity index (χ1n) is 6.49. The average molecular weight is 312 g/mol. The largest absolute Gasteiger partial charge is 0.394 e. The van der Waals surface area contributed by atoms with Crippen LogP contribution in [0.1, 0.15) is 0 Å². The Bertz CT molecular complexity index is 339. The molecule has 10 nitrogen and oxygen atoms in total. The average Bonchev–Trinajstić information content (AvgIpc) is 2.75. The van der Waals surface area contributed by atoms with E-state index in [1.165, 1.54) is 0 Å². The summed E-state index contributed by atoms with van der Waals surface area (Å²) < 4.78 is 15.2. The highest BCUT2D eigenvalue weighted by molar-refractivity contribution is 4.92. The first-order chi connectivity index (χ1) is 9.90. The molecule has 0 spiro atoms. The van der Waals surface area contributed by atoms with Crippen LogP contribution in [0, 0.1) is 0 Å². The number of aliphatic hydroxyl groups is 7. The number of aliphatic hydroxyl groups excluding tert-OH is 7. The van der Waals surface area contributed by atoms with Gasteiger partial charge in [0.1, 0.15) is 42.7 Å². The maximum atomic E-state index is 9.80. The summed E-state index contributed by atoms with van der Waals surface area (Å²) in [5.74, 6) is 0. The smallest absolute Gasteiger partial charge is 0.187 e. The van der Waals surface area contributed by atoms with Gasteiger partial charge in [-0.2, -0.15) is 0 Å². The maximum absolute atomic E-state index is 9.80. The number of rotatable bonds is 4. The maximum Gasteiger partial charge on any atom is 0.187 e. The zero-order valence-corrected chi connectivity index (χ0v) is 11.0. The molecule has 21 heavy (non-hydrogen) atoms. The molecule has 9 atom stereocenters. The van der Waals surface area contributed by atoms with Crippen molar-refractivity contribution in [3.8, 4) is 0 Å². The van der Waals surface area contributed by atoms with Crippen LogP contribution in [-0.4, -0.2) is 104 Å². The van der Waals surface area contributed by atoms with Crippen LogP contribution in [0.5, 0.6) is 0 Å². The van der Waals surface area contributed by atoms with E-state index in [0.29, 0.717) is 0 Å². The van der Waals surface area contributed by atoms with Crippen LogP contribution >= 0.6 is 0 Å². The van der Waals surface area contributed by atoms with Crippen molar-refractivity contribution in [2.24, 2.45) is 0 Å². The predicted octanol–water partition coefficient (Wildman–Crippen LogP) is -4.76. The van der Waals surface area contributed by atoms with Gasteiger partial charge in [-0.05, 0) is 0 Å². The van der Waals surface area contributed by atoms with E-state index in [1.807, 2.05) is 0 Å². The monoisotopic (exact) mass is 312 g/mol. The number of hydrogen-bond acceptors (Lipinski definition) is 10. The van der Waals surface area contributed by atoms with Gasteiger partial charge in [-0.3, -0.25) is 0 Å². The van der Waals surface area contributed by atoms with Crippen molar-refractivity contribution in [1.29, 1.82) is 0 Å². The summed E-state index contributed by atoms with van der Waals surface area (Å²) >= 11 is 0. The van der Waals surface area contributed by atoms with E-state index < -0.39 is 68.5 Å². The lowest BCUT2D eigenvalue weighted by atomic mass is 9.99. The highest BCUT2D eigenvalue weighted by Gasteiger charge is 2.49. The molecule has 10 heteroatoms. The van der Waals surface area contributed by atoms with Gasteiger partial charge in [-0.25, -0.2) is 0 Å². The lowest BCUT2D eigenvalue weighted by molar-refractivity contribution is -0.318. The van der Waals surface area contributed by atoms with Crippen molar-refractivity contribution < 1.29 is 50.0 Å². The quantitative estimate of drug-likeness (QED) is 0.267. The van der Waals surface area contributed by atoms with Crippen molar-refractivity contribution in [3.63, 3.8) is 0 Å². The molecule has 2 rings (SSSR count). The summed E-state index contributed by atoms with van der Waals surface area (Å²) in [4.78, 5) is 0. The molecule has 0 aromatic rings. The Balaban J connectivity index is 2.07. The fraction of sp³-hybridized carbons (Fsp3) is 1.00. The number of hydrogen-bond donors (Lipinski definition) is 7. The molecule has 2 aliphatic rings. The molecule has 2 heterocycles. The summed E-state index contributed by atoms with van der Waals surface area (Å²) in [6.45, 7) is -1.18. The summed E-state index contributed by atoms with van der Waals surface area (Å²) in [7, 11) is 0. The minimum atomic E-state index is -1.65. The fourth-order valence-electron chi connectivity index (χ4n) is 2.37. The topological polar surface area (TPSA) is 169 Å².